The molecule has 3 aromatic rings. The lowest BCUT2D eigenvalue weighted by atomic mass is 9.84. The SMILES string of the molecule is COc1ccc(C(=O)N2CCC(NC(=O)c3ccccc3)C(c3ccc(F)c(C)c3)C2Cl)cc1OC. The van der Waals surface area contributed by atoms with E-state index in [1.807, 2.05) is 6.07 Å². The van der Waals surface area contributed by atoms with Gasteiger partial charge in [0.1, 0.15) is 11.3 Å². The number of methoxy groups -OCH3 is 2. The van der Waals surface area contributed by atoms with Crippen molar-refractivity contribution in [3.63, 3.8) is 0 Å². The smallest absolute Gasteiger partial charge is 0.255 e. The standard InChI is InChI=1S/C28H28ClFN2O4/c1-17-15-19(9-11-21(17)30)25-22(31-27(33)18-7-5-4-6-8-18)13-14-32(26(25)29)28(34)20-10-12-23(35-2)24(16-20)36-3/h4-12,15-16,22,25-26H,13-14H2,1-3H3,(H,31,33). The number of hydrogen-bond acceptors (Lipinski definition) is 4. The van der Waals surface area contributed by atoms with Gasteiger partial charge >= 0.3 is 0 Å². The molecule has 1 aliphatic rings. The number of benzene rings is 3. The van der Waals surface area contributed by atoms with Gasteiger partial charge in [-0.3, -0.25) is 9.59 Å². The van der Waals surface area contributed by atoms with Gasteiger partial charge in [-0.05, 0) is 60.9 Å². The normalized spacial score (nSPS) is 19.5. The van der Waals surface area contributed by atoms with E-state index < -0.39 is 11.4 Å². The molecule has 1 N–H and O–H groups in total. The first kappa shape index (κ1) is 25.5. The van der Waals surface area contributed by atoms with E-state index in [1.54, 1.807) is 66.4 Å². The second kappa shape index (κ2) is 11.0. The zero-order valence-corrected chi connectivity index (χ0v) is 21.1. The summed E-state index contributed by atoms with van der Waals surface area (Å²) in [7, 11) is 3.03. The van der Waals surface area contributed by atoms with Gasteiger partial charge in [-0.15, -0.1) is 0 Å². The Balaban J connectivity index is 1.65. The minimum Gasteiger partial charge on any atom is -0.493 e. The third-order valence-electron chi connectivity index (χ3n) is 6.52. The predicted molar refractivity (Wildman–Crippen MR) is 136 cm³/mol. The maximum atomic E-state index is 14.1. The number of ether oxygens (including phenoxy) is 2. The number of aryl methyl sites for hydroxylation is 1. The van der Waals surface area contributed by atoms with E-state index in [1.165, 1.54) is 20.3 Å². The van der Waals surface area contributed by atoms with Crippen molar-refractivity contribution in [3.8, 4) is 11.5 Å². The Labute approximate surface area is 215 Å². The van der Waals surface area contributed by atoms with Gasteiger partial charge in [-0.2, -0.15) is 0 Å². The van der Waals surface area contributed by atoms with Crippen LogP contribution < -0.4 is 14.8 Å². The van der Waals surface area contributed by atoms with Gasteiger partial charge in [0, 0.05) is 29.6 Å². The molecular weight excluding hydrogens is 483 g/mol. The van der Waals surface area contributed by atoms with Crippen LogP contribution >= 0.6 is 11.6 Å². The predicted octanol–water partition coefficient (Wildman–Crippen LogP) is 5.14. The van der Waals surface area contributed by atoms with Crippen LogP contribution in [0.15, 0.2) is 66.7 Å². The van der Waals surface area contributed by atoms with Gasteiger partial charge in [-0.25, -0.2) is 4.39 Å². The van der Waals surface area contributed by atoms with Crippen LogP contribution in [0.5, 0.6) is 11.5 Å². The summed E-state index contributed by atoms with van der Waals surface area (Å²) in [6.07, 6.45) is 0.474. The highest BCUT2D eigenvalue weighted by atomic mass is 35.5. The summed E-state index contributed by atoms with van der Waals surface area (Å²) in [5, 5.41) is 3.09. The first-order chi connectivity index (χ1) is 17.3. The van der Waals surface area contributed by atoms with E-state index in [9.17, 15) is 14.0 Å². The molecule has 36 heavy (non-hydrogen) atoms. The van der Waals surface area contributed by atoms with Gasteiger partial charge in [0.15, 0.2) is 11.5 Å². The molecule has 1 heterocycles. The van der Waals surface area contributed by atoms with Crippen molar-refractivity contribution in [2.45, 2.75) is 30.8 Å². The van der Waals surface area contributed by atoms with Gasteiger partial charge in [-0.1, -0.05) is 41.9 Å². The van der Waals surface area contributed by atoms with E-state index in [0.717, 1.165) is 5.56 Å². The lowest BCUT2D eigenvalue weighted by Gasteiger charge is -2.43. The van der Waals surface area contributed by atoms with Crippen LogP contribution in [0.4, 0.5) is 4.39 Å². The molecule has 188 valence electrons. The lowest BCUT2D eigenvalue weighted by Crippen LogP contribution is -2.55. The molecule has 4 rings (SSSR count). The third kappa shape index (κ3) is 5.16. The van der Waals surface area contributed by atoms with Crippen LogP contribution in [0, 0.1) is 12.7 Å². The highest BCUT2D eigenvalue weighted by Crippen LogP contribution is 2.37. The number of amides is 2. The van der Waals surface area contributed by atoms with E-state index in [-0.39, 0.29) is 23.7 Å². The second-order valence-corrected chi connectivity index (χ2v) is 9.16. The number of piperidine rings is 1. The Bertz CT molecular complexity index is 1250. The number of halogens is 2. The number of carbonyl (C=O) groups excluding carboxylic acids is 2. The highest BCUT2D eigenvalue weighted by Gasteiger charge is 2.41. The lowest BCUT2D eigenvalue weighted by molar-refractivity contribution is 0.0626. The molecule has 1 saturated heterocycles. The quantitative estimate of drug-likeness (QED) is 0.368. The fourth-order valence-corrected chi connectivity index (χ4v) is 5.09. The number of carbonyl (C=O) groups is 2. The number of nitrogens with zero attached hydrogens (tertiary/aromatic N) is 1. The van der Waals surface area contributed by atoms with Crippen molar-refractivity contribution in [3.05, 3.63) is 94.8 Å². The molecule has 1 aliphatic heterocycles. The summed E-state index contributed by atoms with van der Waals surface area (Å²) in [6, 6.07) is 18.3. The molecule has 8 heteroatoms. The first-order valence-electron chi connectivity index (χ1n) is 11.6. The molecule has 0 radical (unpaired) electrons. The second-order valence-electron chi connectivity index (χ2n) is 8.71. The molecule has 2 amide bonds. The Hall–Kier alpha value is -3.58. The number of hydrogen-bond donors (Lipinski definition) is 1. The topological polar surface area (TPSA) is 67.9 Å². The minimum absolute atomic E-state index is 0.229. The number of alkyl halides is 1. The first-order valence-corrected chi connectivity index (χ1v) is 12.1. The zero-order chi connectivity index (χ0) is 25.8. The largest absolute Gasteiger partial charge is 0.493 e. The van der Waals surface area contributed by atoms with Crippen LogP contribution in [0.1, 0.15) is 44.2 Å². The maximum absolute atomic E-state index is 14.1. The molecule has 6 nitrogen and oxygen atoms in total. The zero-order valence-electron chi connectivity index (χ0n) is 20.3. The fourth-order valence-electron chi connectivity index (χ4n) is 4.58. The van der Waals surface area contributed by atoms with E-state index >= 15 is 0 Å². The van der Waals surface area contributed by atoms with Crippen LogP contribution in [0.3, 0.4) is 0 Å². The van der Waals surface area contributed by atoms with Crippen molar-refractivity contribution in [1.82, 2.24) is 10.2 Å². The molecule has 1 fully saturated rings. The van der Waals surface area contributed by atoms with Crippen molar-refractivity contribution in [1.29, 1.82) is 0 Å². The molecule has 0 aromatic heterocycles. The fraction of sp³-hybridized carbons (Fsp3) is 0.286. The van der Waals surface area contributed by atoms with Gasteiger partial charge in [0.25, 0.3) is 11.8 Å². The molecule has 0 saturated carbocycles. The average Bonchev–Trinajstić information content (AvgIpc) is 2.90. The van der Waals surface area contributed by atoms with Crippen molar-refractivity contribution in [2.75, 3.05) is 20.8 Å². The molecule has 0 bridgehead atoms. The van der Waals surface area contributed by atoms with Crippen LogP contribution in [-0.2, 0) is 0 Å². The van der Waals surface area contributed by atoms with Gasteiger partial charge in [0.2, 0.25) is 0 Å². The Kier molecular flexibility index (Phi) is 7.79. The van der Waals surface area contributed by atoms with Crippen molar-refractivity contribution in [2.24, 2.45) is 0 Å². The molecule has 3 aromatic carbocycles. The number of likely N-dealkylation sites (tertiary alicyclic amines) is 1. The summed E-state index contributed by atoms with van der Waals surface area (Å²) in [5.41, 5.74) is 1.36. The molecule has 0 spiro atoms. The summed E-state index contributed by atoms with van der Waals surface area (Å²) >= 11 is 6.98. The maximum Gasteiger partial charge on any atom is 0.255 e. The van der Waals surface area contributed by atoms with Crippen molar-refractivity contribution < 1.29 is 23.5 Å². The Morgan fingerprint density at radius 1 is 0.972 bits per heavy atom. The molecule has 3 atom stereocenters. The van der Waals surface area contributed by atoms with Crippen LogP contribution in [-0.4, -0.2) is 49.0 Å². The number of nitrogens with one attached hydrogen (secondary N) is 1. The molecular formula is C28H28ClFN2O4. The summed E-state index contributed by atoms with van der Waals surface area (Å²) in [6.45, 7) is 2.01. The minimum atomic E-state index is -0.787. The summed E-state index contributed by atoms with van der Waals surface area (Å²) in [5.74, 6) is -0.343. The van der Waals surface area contributed by atoms with Gasteiger partial charge in [0.05, 0.1) is 14.2 Å². The average molecular weight is 511 g/mol. The molecule has 3 unspecified atom stereocenters. The van der Waals surface area contributed by atoms with Crippen LogP contribution in [0.2, 0.25) is 0 Å². The van der Waals surface area contributed by atoms with E-state index in [4.69, 9.17) is 21.1 Å². The monoisotopic (exact) mass is 510 g/mol. The van der Waals surface area contributed by atoms with Gasteiger partial charge < -0.3 is 19.7 Å². The van der Waals surface area contributed by atoms with E-state index in [2.05, 4.69) is 5.32 Å². The molecule has 0 aliphatic carbocycles. The summed E-state index contributed by atoms with van der Waals surface area (Å²) < 4.78 is 24.7. The Morgan fingerprint density at radius 2 is 1.69 bits per heavy atom. The van der Waals surface area contributed by atoms with Crippen molar-refractivity contribution >= 4 is 23.4 Å². The van der Waals surface area contributed by atoms with E-state index in [0.29, 0.717) is 41.2 Å². The van der Waals surface area contributed by atoms with Crippen LogP contribution in [0.25, 0.3) is 0 Å². The number of rotatable bonds is 6. The third-order valence-corrected chi connectivity index (χ3v) is 7.03. The summed E-state index contributed by atoms with van der Waals surface area (Å²) in [4.78, 5) is 28.1. The highest BCUT2D eigenvalue weighted by molar-refractivity contribution is 6.22. The Morgan fingerprint density at radius 3 is 2.36 bits per heavy atom.